The van der Waals surface area contributed by atoms with Gasteiger partial charge in [-0.3, -0.25) is 0 Å². The second kappa shape index (κ2) is 6.12. The number of ether oxygens (including phenoxy) is 1. The fourth-order valence-electron chi connectivity index (χ4n) is 1.71. The highest BCUT2D eigenvalue weighted by Crippen LogP contribution is 2.35. The average Bonchev–Trinajstić information content (AvgIpc) is 2.75. The number of methoxy groups -OCH3 is 1. The van der Waals surface area contributed by atoms with E-state index in [1.807, 2.05) is 38.1 Å². The number of hydrogen-bond donors (Lipinski definition) is 1. The quantitative estimate of drug-likeness (QED) is 0.852. The first kappa shape index (κ1) is 14.0. The van der Waals surface area contributed by atoms with Crippen molar-refractivity contribution in [2.24, 2.45) is 5.73 Å². The summed E-state index contributed by atoms with van der Waals surface area (Å²) in [5, 5.41) is 0.765. The maximum atomic E-state index is 5.86. The Morgan fingerprint density at radius 1 is 1.42 bits per heavy atom. The molecular formula is C14H18N2O2S. The molecule has 2 rings (SSSR count). The Balaban J connectivity index is 2.19. The van der Waals surface area contributed by atoms with Crippen molar-refractivity contribution in [1.29, 1.82) is 0 Å². The van der Waals surface area contributed by atoms with Gasteiger partial charge in [0.1, 0.15) is 11.5 Å². The van der Waals surface area contributed by atoms with Crippen LogP contribution in [0.1, 0.15) is 22.3 Å². The number of nitrogens with two attached hydrogens (primary N) is 1. The minimum atomic E-state index is 0.104. The maximum Gasteiger partial charge on any atom is 0.256 e. The molecular weight excluding hydrogens is 260 g/mol. The molecule has 4 nitrogen and oxygen atoms in total. The topological polar surface area (TPSA) is 61.3 Å². The molecule has 2 N–H and O–H groups in total. The fourth-order valence-corrected chi connectivity index (χ4v) is 2.69. The van der Waals surface area contributed by atoms with Gasteiger partial charge in [0.2, 0.25) is 0 Å². The Hall–Kier alpha value is -1.46. The van der Waals surface area contributed by atoms with Gasteiger partial charge >= 0.3 is 0 Å². The Morgan fingerprint density at radius 3 is 2.79 bits per heavy atom. The van der Waals surface area contributed by atoms with Crippen LogP contribution in [0.2, 0.25) is 0 Å². The summed E-state index contributed by atoms with van der Waals surface area (Å²) < 4.78 is 10.8. The van der Waals surface area contributed by atoms with E-state index in [0.29, 0.717) is 11.8 Å². The zero-order valence-electron chi connectivity index (χ0n) is 11.3. The lowest BCUT2D eigenvalue weighted by Crippen LogP contribution is -2.09. The number of hydrogen-bond acceptors (Lipinski definition) is 5. The van der Waals surface area contributed by atoms with E-state index < -0.39 is 0 Å². The molecule has 0 saturated carbocycles. The molecule has 1 unspecified atom stereocenters. The van der Waals surface area contributed by atoms with Crippen LogP contribution >= 0.6 is 11.8 Å². The van der Waals surface area contributed by atoms with Crippen molar-refractivity contribution in [1.82, 2.24) is 4.98 Å². The van der Waals surface area contributed by atoms with Crippen molar-refractivity contribution >= 4 is 11.8 Å². The average molecular weight is 278 g/mol. The van der Waals surface area contributed by atoms with Gasteiger partial charge in [0.25, 0.3) is 5.22 Å². The number of rotatable bonds is 5. The third kappa shape index (κ3) is 3.30. The van der Waals surface area contributed by atoms with Crippen molar-refractivity contribution in [3.63, 3.8) is 0 Å². The molecule has 1 aromatic carbocycles. The summed E-state index contributed by atoms with van der Waals surface area (Å²) in [5.41, 5.74) is 7.89. The predicted molar refractivity (Wildman–Crippen MR) is 76.6 cm³/mol. The highest BCUT2D eigenvalue weighted by atomic mass is 32.2. The minimum absolute atomic E-state index is 0.104. The molecule has 0 aliphatic rings. The molecule has 102 valence electrons. The molecule has 19 heavy (non-hydrogen) atoms. The molecule has 0 bridgehead atoms. The SMILES string of the molecule is COc1cccc(C(CN)Sc2nc(C)c(C)o2)c1. The van der Waals surface area contributed by atoms with Crippen molar-refractivity contribution < 1.29 is 9.15 Å². The van der Waals surface area contributed by atoms with E-state index in [1.165, 1.54) is 11.8 Å². The Kier molecular flexibility index (Phi) is 4.50. The molecule has 0 aliphatic carbocycles. The summed E-state index contributed by atoms with van der Waals surface area (Å²) in [6.45, 7) is 4.36. The summed E-state index contributed by atoms with van der Waals surface area (Å²) >= 11 is 1.54. The molecule has 1 atom stereocenters. The lowest BCUT2D eigenvalue weighted by atomic mass is 10.1. The first-order chi connectivity index (χ1) is 9.13. The van der Waals surface area contributed by atoms with Crippen molar-refractivity contribution in [2.45, 2.75) is 24.3 Å². The zero-order valence-corrected chi connectivity index (χ0v) is 12.2. The molecule has 0 saturated heterocycles. The maximum absolute atomic E-state index is 5.86. The van der Waals surface area contributed by atoms with Gasteiger partial charge in [0, 0.05) is 6.54 Å². The summed E-state index contributed by atoms with van der Waals surface area (Å²) in [6.07, 6.45) is 0. The molecule has 0 spiro atoms. The molecule has 0 aliphatic heterocycles. The number of oxazole rings is 1. The predicted octanol–water partition coefficient (Wildman–Crippen LogP) is 3.09. The fraction of sp³-hybridized carbons (Fsp3) is 0.357. The van der Waals surface area contributed by atoms with Gasteiger partial charge < -0.3 is 14.9 Å². The van der Waals surface area contributed by atoms with E-state index in [4.69, 9.17) is 14.9 Å². The van der Waals surface area contributed by atoms with E-state index in [9.17, 15) is 0 Å². The van der Waals surface area contributed by atoms with Crippen LogP contribution in [-0.2, 0) is 0 Å². The number of thioether (sulfide) groups is 1. The Labute approximate surface area is 117 Å². The van der Waals surface area contributed by atoms with Crippen molar-refractivity contribution in [3.8, 4) is 5.75 Å². The first-order valence-corrected chi connectivity index (χ1v) is 6.96. The van der Waals surface area contributed by atoms with E-state index in [1.54, 1.807) is 7.11 Å². The number of benzene rings is 1. The van der Waals surface area contributed by atoms with Crippen LogP contribution in [0, 0.1) is 13.8 Å². The van der Waals surface area contributed by atoms with Gasteiger partial charge in [-0.25, -0.2) is 4.98 Å². The molecule has 0 radical (unpaired) electrons. The standard InChI is InChI=1S/C14H18N2O2S/c1-9-10(2)18-14(16-9)19-13(8-15)11-5-4-6-12(7-11)17-3/h4-7,13H,8,15H2,1-3H3. The number of aryl methyl sites for hydroxylation is 2. The third-order valence-corrected chi connectivity index (χ3v) is 4.06. The number of nitrogens with zero attached hydrogens (tertiary/aromatic N) is 1. The van der Waals surface area contributed by atoms with Crippen LogP contribution in [0.5, 0.6) is 5.75 Å². The van der Waals surface area contributed by atoms with E-state index in [0.717, 1.165) is 22.8 Å². The van der Waals surface area contributed by atoms with Crippen molar-refractivity contribution in [2.75, 3.05) is 13.7 Å². The number of aromatic nitrogens is 1. The second-order valence-electron chi connectivity index (χ2n) is 4.24. The van der Waals surface area contributed by atoms with Gasteiger partial charge in [-0.15, -0.1) is 0 Å². The molecule has 1 aromatic heterocycles. The Bertz CT molecular complexity index is 535. The lowest BCUT2D eigenvalue weighted by molar-refractivity contribution is 0.414. The van der Waals surface area contributed by atoms with Gasteiger partial charge in [-0.2, -0.15) is 0 Å². The monoisotopic (exact) mass is 278 g/mol. The molecule has 5 heteroatoms. The van der Waals surface area contributed by atoms with Crippen LogP contribution in [0.15, 0.2) is 33.9 Å². The summed E-state index contributed by atoms with van der Waals surface area (Å²) in [6, 6.07) is 7.91. The highest BCUT2D eigenvalue weighted by molar-refractivity contribution is 7.99. The van der Waals surface area contributed by atoms with Crippen LogP contribution in [0.4, 0.5) is 0 Å². The van der Waals surface area contributed by atoms with Crippen LogP contribution < -0.4 is 10.5 Å². The first-order valence-electron chi connectivity index (χ1n) is 6.08. The normalized spacial score (nSPS) is 12.4. The van der Waals surface area contributed by atoms with Gasteiger partial charge in [0.05, 0.1) is 18.1 Å². The minimum Gasteiger partial charge on any atom is -0.497 e. The lowest BCUT2D eigenvalue weighted by Gasteiger charge is -2.13. The van der Waals surface area contributed by atoms with E-state index in [2.05, 4.69) is 4.98 Å². The zero-order chi connectivity index (χ0) is 13.8. The van der Waals surface area contributed by atoms with Crippen molar-refractivity contribution in [3.05, 3.63) is 41.3 Å². The molecule has 1 heterocycles. The second-order valence-corrected chi connectivity index (χ2v) is 5.39. The van der Waals surface area contributed by atoms with E-state index in [-0.39, 0.29) is 5.25 Å². The smallest absolute Gasteiger partial charge is 0.256 e. The van der Waals surface area contributed by atoms with Crippen LogP contribution in [0.3, 0.4) is 0 Å². The molecule has 0 amide bonds. The van der Waals surface area contributed by atoms with Gasteiger partial charge in [-0.05, 0) is 31.5 Å². The molecule has 0 fully saturated rings. The highest BCUT2D eigenvalue weighted by Gasteiger charge is 2.16. The molecule has 2 aromatic rings. The van der Waals surface area contributed by atoms with E-state index >= 15 is 0 Å². The van der Waals surface area contributed by atoms with Crippen LogP contribution in [0.25, 0.3) is 0 Å². The van der Waals surface area contributed by atoms with Gasteiger partial charge in [0.15, 0.2) is 0 Å². The third-order valence-electron chi connectivity index (χ3n) is 2.93. The largest absolute Gasteiger partial charge is 0.497 e. The summed E-state index contributed by atoms with van der Waals surface area (Å²) in [7, 11) is 1.66. The summed E-state index contributed by atoms with van der Waals surface area (Å²) in [5.74, 6) is 1.68. The summed E-state index contributed by atoms with van der Waals surface area (Å²) in [4.78, 5) is 4.38. The van der Waals surface area contributed by atoms with Crippen LogP contribution in [-0.4, -0.2) is 18.6 Å². The van der Waals surface area contributed by atoms with Gasteiger partial charge in [-0.1, -0.05) is 23.9 Å². The Morgan fingerprint density at radius 2 is 2.21 bits per heavy atom.